The van der Waals surface area contributed by atoms with Crippen molar-refractivity contribution in [3.05, 3.63) is 139 Å². The molecule has 1 unspecified atom stereocenters. The van der Waals surface area contributed by atoms with Crippen molar-refractivity contribution in [2.24, 2.45) is 0 Å². The van der Waals surface area contributed by atoms with Crippen LogP contribution in [0.2, 0.25) is 0 Å². The molecule has 0 saturated carbocycles. The van der Waals surface area contributed by atoms with Crippen molar-refractivity contribution in [1.82, 2.24) is 15.0 Å². The summed E-state index contributed by atoms with van der Waals surface area (Å²) in [6, 6.07) is 44.2. The van der Waals surface area contributed by atoms with E-state index in [9.17, 15) is 0 Å². The monoisotopic (exact) mass is 579 g/mol. The zero-order chi connectivity index (χ0) is 30.1. The van der Waals surface area contributed by atoms with Crippen LogP contribution in [0.3, 0.4) is 0 Å². The average molecular weight is 580 g/mol. The van der Waals surface area contributed by atoms with Gasteiger partial charge in [0.2, 0.25) is 0 Å². The van der Waals surface area contributed by atoms with Gasteiger partial charge in [-0.1, -0.05) is 129 Å². The SMILES string of the molecule is CCC1(C)c2ccccc2-c2c(-c3nc(-c4ccccc4)nc(-c4cccc5ccccc45)n3)cc3oc4ccccc4c3c21. The molecule has 4 nitrogen and oxygen atoms in total. The van der Waals surface area contributed by atoms with Gasteiger partial charge in [0.05, 0.1) is 0 Å². The van der Waals surface area contributed by atoms with E-state index in [1.807, 2.05) is 24.3 Å². The highest BCUT2D eigenvalue weighted by Crippen LogP contribution is 2.57. The summed E-state index contributed by atoms with van der Waals surface area (Å²) in [6.45, 7) is 4.65. The highest BCUT2D eigenvalue weighted by Gasteiger charge is 2.42. The second-order valence-corrected chi connectivity index (χ2v) is 12.1. The molecule has 45 heavy (non-hydrogen) atoms. The van der Waals surface area contributed by atoms with E-state index in [-0.39, 0.29) is 5.41 Å². The van der Waals surface area contributed by atoms with Crippen molar-refractivity contribution in [2.45, 2.75) is 25.7 Å². The lowest BCUT2D eigenvalue weighted by Crippen LogP contribution is -2.19. The lowest BCUT2D eigenvalue weighted by molar-refractivity contribution is 0.568. The number of para-hydroxylation sites is 1. The highest BCUT2D eigenvalue weighted by molar-refractivity contribution is 6.13. The molecule has 0 N–H and O–H groups in total. The van der Waals surface area contributed by atoms with Gasteiger partial charge in [0.15, 0.2) is 17.5 Å². The van der Waals surface area contributed by atoms with Gasteiger partial charge in [-0.3, -0.25) is 0 Å². The molecule has 0 saturated heterocycles. The largest absolute Gasteiger partial charge is 0.456 e. The van der Waals surface area contributed by atoms with Crippen LogP contribution in [0.4, 0.5) is 0 Å². The van der Waals surface area contributed by atoms with Gasteiger partial charge in [-0.2, -0.15) is 0 Å². The molecule has 0 aliphatic heterocycles. The average Bonchev–Trinajstić information content (AvgIpc) is 3.61. The number of hydrogen-bond acceptors (Lipinski definition) is 4. The molecule has 0 fully saturated rings. The maximum atomic E-state index is 6.59. The molecule has 0 spiro atoms. The summed E-state index contributed by atoms with van der Waals surface area (Å²) >= 11 is 0. The fourth-order valence-corrected chi connectivity index (χ4v) is 7.33. The van der Waals surface area contributed by atoms with Crippen LogP contribution in [0.25, 0.3) is 78.0 Å². The first kappa shape index (κ1) is 25.8. The fraction of sp³-hybridized carbons (Fsp3) is 0.0976. The zero-order valence-electron chi connectivity index (χ0n) is 25.1. The van der Waals surface area contributed by atoms with Crippen LogP contribution in [0.15, 0.2) is 132 Å². The normalized spacial score (nSPS) is 15.5. The van der Waals surface area contributed by atoms with Gasteiger partial charge in [0.1, 0.15) is 11.2 Å². The smallest absolute Gasteiger partial charge is 0.164 e. The lowest BCUT2D eigenvalue weighted by atomic mass is 9.76. The molecule has 6 aromatic carbocycles. The van der Waals surface area contributed by atoms with Crippen molar-refractivity contribution >= 4 is 32.7 Å². The summed E-state index contributed by atoms with van der Waals surface area (Å²) in [6.07, 6.45) is 0.947. The standard InChI is InChI=1S/C41H29N3O/c1-3-41(2)32-22-11-9-19-29(32)35-31(24-34-36(37(35)41)30-20-10-12-23-33(30)45-34)40-43-38(26-15-5-4-6-16-26)42-39(44-40)28-21-13-17-25-14-7-8-18-27(25)28/h4-24H,3H2,1-2H3. The van der Waals surface area contributed by atoms with E-state index in [1.54, 1.807) is 0 Å². The number of rotatable bonds is 4. The van der Waals surface area contributed by atoms with Gasteiger partial charge in [0.25, 0.3) is 0 Å². The Hall–Kier alpha value is -5.61. The second kappa shape index (κ2) is 9.70. The fourth-order valence-electron chi connectivity index (χ4n) is 7.33. The molecule has 1 aliphatic rings. The molecule has 1 aliphatic carbocycles. The van der Waals surface area contributed by atoms with Crippen LogP contribution in [-0.4, -0.2) is 15.0 Å². The Kier molecular flexibility index (Phi) is 5.57. The van der Waals surface area contributed by atoms with Crippen molar-refractivity contribution in [1.29, 1.82) is 0 Å². The lowest BCUT2D eigenvalue weighted by Gasteiger charge is -2.26. The molecule has 1 atom stereocenters. The van der Waals surface area contributed by atoms with Gasteiger partial charge >= 0.3 is 0 Å². The van der Waals surface area contributed by atoms with Crippen molar-refractivity contribution in [3.63, 3.8) is 0 Å². The van der Waals surface area contributed by atoms with E-state index in [1.165, 1.54) is 27.6 Å². The number of furan rings is 1. The molecule has 4 heteroatoms. The molecular weight excluding hydrogens is 550 g/mol. The number of nitrogens with zero attached hydrogens (tertiary/aromatic N) is 3. The van der Waals surface area contributed by atoms with Crippen molar-refractivity contribution < 1.29 is 4.42 Å². The van der Waals surface area contributed by atoms with Crippen LogP contribution < -0.4 is 0 Å². The Labute approximate surface area is 261 Å². The Bertz CT molecular complexity index is 2440. The summed E-state index contributed by atoms with van der Waals surface area (Å²) in [5, 5.41) is 4.57. The summed E-state index contributed by atoms with van der Waals surface area (Å²) in [5.41, 5.74) is 9.45. The highest BCUT2D eigenvalue weighted by atomic mass is 16.3. The van der Waals surface area contributed by atoms with Gasteiger partial charge in [0, 0.05) is 32.9 Å². The van der Waals surface area contributed by atoms with Crippen molar-refractivity contribution in [3.8, 4) is 45.3 Å². The van der Waals surface area contributed by atoms with Crippen LogP contribution in [-0.2, 0) is 5.41 Å². The van der Waals surface area contributed by atoms with Crippen LogP contribution in [0.5, 0.6) is 0 Å². The minimum Gasteiger partial charge on any atom is -0.456 e. The van der Waals surface area contributed by atoms with Gasteiger partial charge in [-0.05, 0) is 51.6 Å². The quantitative estimate of drug-likeness (QED) is 0.208. The third-order valence-electron chi connectivity index (χ3n) is 9.66. The third kappa shape index (κ3) is 3.75. The number of benzene rings is 6. The predicted octanol–water partition coefficient (Wildman–Crippen LogP) is 10.6. The Morgan fingerprint density at radius 1 is 0.578 bits per heavy atom. The zero-order valence-corrected chi connectivity index (χ0v) is 25.1. The topological polar surface area (TPSA) is 51.8 Å². The molecule has 8 aromatic rings. The van der Waals surface area contributed by atoms with Crippen LogP contribution >= 0.6 is 0 Å². The summed E-state index contributed by atoms with van der Waals surface area (Å²) in [4.78, 5) is 15.6. The molecular formula is C41H29N3O. The van der Waals surface area contributed by atoms with Crippen LogP contribution in [0.1, 0.15) is 31.4 Å². The number of hydrogen-bond donors (Lipinski definition) is 0. The summed E-state index contributed by atoms with van der Waals surface area (Å²) in [5.74, 6) is 1.94. The minimum atomic E-state index is -0.208. The first-order chi connectivity index (χ1) is 22.1. The predicted molar refractivity (Wildman–Crippen MR) is 183 cm³/mol. The van der Waals surface area contributed by atoms with E-state index in [0.717, 1.165) is 50.4 Å². The minimum absolute atomic E-state index is 0.208. The Balaban J connectivity index is 1.42. The first-order valence-corrected chi connectivity index (χ1v) is 15.5. The maximum Gasteiger partial charge on any atom is 0.164 e. The maximum absolute atomic E-state index is 6.59. The van der Waals surface area contributed by atoms with Crippen LogP contribution in [0, 0.1) is 0 Å². The number of fused-ring (bicyclic) bond motifs is 8. The molecule has 2 aromatic heterocycles. The van der Waals surface area contributed by atoms with Crippen molar-refractivity contribution in [2.75, 3.05) is 0 Å². The molecule has 0 bridgehead atoms. The Morgan fingerprint density at radius 3 is 2.07 bits per heavy atom. The molecule has 9 rings (SSSR count). The van der Waals surface area contributed by atoms with E-state index < -0.39 is 0 Å². The molecule has 0 radical (unpaired) electrons. The summed E-state index contributed by atoms with van der Waals surface area (Å²) in [7, 11) is 0. The third-order valence-corrected chi connectivity index (χ3v) is 9.66. The van der Waals surface area contributed by atoms with Gasteiger partial charge in [-0.15, -0.1) is 0 Å². The van der Waals surface area contributed by atoms with E-state index in [2.05, 4.69) is 117 Å². The van der Waals surface area contributed by atoms with Gasteiger partial charge in [-0.25, -0.2) is 15.0 Å². The Morgan fingerprint density at radius 2 is 1.22 bits per heavy atom. The van der Waals surface area contributed by atoms with E-state index in [0.29, 0.717) is 17.5 Å². The second-order valence-electron chi connectivity index (χ2n) is 12.1. The summed E-state index contributed by atoms with van der Waals surface area (Å²) < 4.78 is 6.59. The van der Waals surface area contributed by atoms with Gasteiger partial charge < -0.3 is 4.42 Å². The van der Waals surface area contributed by atoms with E-state index in [4.69, 9.17) is 19.4 Å². The first-order valence-electron chi connectivity index (χ1n) is 15.5. The number of aromatic nitrogens is 3. The molecule has 0 amide bonds. The molecule has 214 valence electrons. The van der Waals surface area contributed by atoms with E-state index >= 15 is 0 Å². The molecule has 2 heterocycles.